The summed E-state index contributed by atoms with van der Waals surface area (Å²) >= 11 is 0. The van der Waals surface area contributed by atoms with Gasteiger partial charge in [-0.1, -0.05) is 25.9 Å². The quantitative estimate of drug-likeness (QED) is 0.838. The number of halogens is 1. The SMILES string of the molecule is Cl.[2H]C([2H])([2H])CCN(CCC)CCc1cccc2c1CC(=O)N2. The van der Waals surface area contributed by atoms with Gasteiger partial charge in [0.25, 0.3) is 0 Å². The van der Waals surface area contributed by atoms with Crippen molar-refractivity contribution in [3.8, 4) is 0 Å². The van der Waals surface area contributed by atoms with Crippen molar-refractivity contribution in [3.63, 3.8) is 0 Å². The van der Waals surface area contributed by atoms with Crippen LogP contribution in [0.15, 0.2) is 18.2 Å². The number of carbonyl (C=O) groups excluding carboxylic acids is 1. The second kappa shape index (κ2) is 8.28. The number of amides is 1. The molecule has 1 heterocycles. The van der Waals surface area contributed by atoms with Crippen LogP contribution in [0.3, 0.4) is 0 Å². The molecule has 1 aromatic rings. The third kappa shape index (κ3) is 4.22. The van der Waals surface area contributed by atoms with E-state index < -0.39 is 6.85 Å². The fourth-order valence-corrected chi connectivity index (χ4v) is 2.64. The number of benzene rings is 1. The van der Waals surface area contributed by atoms with Gasteiger partial charge in [0, 0.05) is 16.3 Å². The van der Waals surface area contributed by atoms with Crippen molar-refractivity contribution in [3.05, 3.63) is 29.3 Å². The highest BCUT2D eigenvalue weighted by molar-refractivity contribution is 5.99. The predicted molar refractivity (Wildman–Crippen MR) is 86.7 cm³/mol. The molecule has 1 aliphatic rings. The molecule has 0 saturated carbocycles. The Balaban J connectivity index is 0.00000264. The van der Waals surface area contributed by atoms with Crippen LogP contribution in [0, 0.1) is 0 Å². The van der Waals surface area contributed by atoms with E-state index in [1.54, 1.807) is 0 Å². The molecule has 0 saturated heterocycles. The molecule has 3 nitrogen and oxygen atoms in total. The number of rotatable bonds is 7. The number of hydrogen-bond acceptors (Lipinski definition) is 2. The Morgan fingerprint density at radius 3 is 2.85 bits per heavy atom. The topological polar surface area (TPSA) is 32.3 Å². The van der Waals surface area contributed by atoms with E-state index in [1.165, 1.54) is 5.56 Å². The van der Waals surface area contributed by atoms with E-state index in [9.17, 15) is 4.79 Å². The van der Waals surface area contributed by atoms with Crippen molar-refractivity contribution in [2.75, 3.05) is 25.0 Å². The van der Waals surface area contributed by atoms with Crippen LogP contribution in [0.2, 0.25) is 0 Å². The maximum atomic E-state index is 11.5. The minimum absolute atomic E-state index is 0. The van der Waals surface area contributed by atoms with Crippen LogP contribution < -0.4 is 5.32 Å². The number of hydrogen-bond donors (Lipinski definition) is 1. The lowest BCUT2D eigenvalue weighted by Gasteiger charge is -2.21. The molecule has 0 bridgehead atoms. The van der Waals surface area contributed by atoms with Crippen LogP contribution in [-0.2, 0) is 17.6 Å². The largest absolute Gasteiger partial charge is 0.326 e. The maximum Gasteiger partial charge on any atom is 0.228 e. The first-order chi connectivity index (χ1) is 10.4. The molecule has 2 rings (SSSR count). The molecule has 1 amide bonds. The lowest BCUT2D eigenvalue weighted by Crippen LogP contribution is -2.28. The van der Waals surface area contributed by atoms with Gasteiger partial charge in [-0.3, -0.25) is 4.79 Å². The highest BCUT2D eigenvalue weighted by Crippen LogP contribution is 2.26. The summed E-state index contributed by atoms with van der Waals surface area (Å²) in [5, 5.41) is 2.87. The lowest BCUT2D eigenvalue weighted by molar-refractivity contribution is -0.115. The lowest BCUT2D eigenvalue weighted by atomic mass is 10.0. The molecular weight excluding hydrogens is 272 g/mol. The Labute approximate surface area is 132 Å². The van der Waals surface area contributed by atoms with Gasteiger partial charge in [0.05, 0.1) is 6.42 Å². The summed E-state index contributed by atoms with van der Waals surface area (Å²) in [5.41, 5.74) is 3.21. The van der Waals surface area contributed by atoms with Gasteiger partial charge < -0.3 is 10.2 Å². The smallest absolute Gasteiger partial charge is 0.228 e. The summed E-state index contributed by atoms with van der Waals surface area (Å²) in [6.07, 6.45) is 2.53. The second-order valence-corrected chi connectivity index (χ2v) is 5.01. The zero-order chi connectivity index (χ0) is 16.2. The fraction of sp³-hybridized carbons (Fsp3) is 0.562. The fourth-order valence-electron chi connectivity index (χ4n) is 2.64. The molecule has 0 atom stereocenters. The molecule has 1 aliphatic heterocycles. The van der Waals surface area contributed by atoms with Crippen LogP contribution in [-0.4, -0.2) is 30.4 Å². The first-order valence-electron chi connectivity index (χ1n) is 8.52. The molecule has 0 fully saturated rings. The third-order valence-electron chi connectivity index (χ3n) is 3.55. The predicted octanol–water partition coefficient (Wildman–Crippen LogP) is 3.27. The van der Waals surface area contributed by atoms with E-state index in [0.29, 0.717) is 13.0 Å². The second-order valence-electron chi connectivity index (χ2n) is 5.01. The van der Waals surface area contributed by atoms with Gasteiger partial charge in [0.15, 0.2) is 0 Å². The molecule has 0 aliphatic carbocycles. The Morgan fingerprint density at radius 1 is 1.30 bits per heavy atom. The summed E-state index contributed by atoms with van der Waals surface area (Å²) in [7, 11) is 0. The third-order valence-corrected chi connectivity index (χ3v) is 3.55. The van der Waals surface area contributed by atoms with E-state index in [2.05, 4.69) is 23.2 Å². The average Bonchev–Trinajstić information content (AvgIpc) is 2.81. The molecule has 112 valence electrons. The van der Waals surface area contributed by atoms with Crippen molar-refractivity contribution in [2.45, 2.75) is 39.5 Å². The van der Waals surface area contributed by atoms with Gasteiger partial charge in [-0.2, -0.15) is 0 Å². The zero-order valence-corrected chi connectivity index (χ0v) is 12.8. The molecule has 20 heavy (non-hydrogen) atoms. The van der Waals surface area contributed by atoms with Gasteiger partial charge in [-0.15, -0.1) is 12.4 Å². The summed E-state index contributed by atoms with van der Waals surface area (Å²) in [6, 6.07) is 5.96. The zero-order valence-electron chi connectivity index (χ0n) is 14.9. The average molecular weight is 300 g/mol. The number of nitrogens with zero attached hydrogens (tertiary/aromatic N) is 1. The highest BCUT2D eigenvalue weighted by atomic mass is 35.5. The highest BCUT2D eigenvalue weighted by Gasteiger charge is 2.20. The maximum absolute atomic E-state index is 11.5. The summed E-state index contributed by atoms with van der Waals surface area (Å²) in [6.45, 7) is 2.56. The first-order valence-corrected chi connectivity index (χ1v) is 7.02. The van der Waals surface area contributed by atoms with Gasteiger partial charge in [-0.25, -0.2) is 0 Å². The molecular formula is C16H25ClN2O. The summed E-state index contributed by atoms with van der Waals surface area (Å²) in [4.78, 5) is 13.7. The van der Waals surface area contributed by atoms with E-state index in [0.717, 1.165) is 37.2 Å². The molecule has 1 aromatic carbocycles. The van der Waals surface area contributed by atoms with Crippen molar-refractivity contribution in [1.82, 2.24) is 4.90 Å². The van der Waals surface area contributed by atoms with Crippen LogP contribution in [0.1, 0.15) is 41.9 Å². The van der Waals surface area contributed by atoms with E-state index in [1.807, 2.05) is 12.1 Å². The van der Waals surface area contributed by atoms with Crippen LogP contribution >= 0.6 is 12.4 Å². The Hall–Kier alpha value is -1.06. The van der Waals surface area contributed by atoms with Gasteiger partial charge in [0.2, 0.25) is 5.91 Å². The monoisotopic (exact) mass is 299 g/mol. The minimum Gasteiger partial charge on any atom is -0.326 e. The first kappa shape index (κ1) is 12.7. The number of anilines is 1. The Morgan fingerprint density at radius 2 is 2.10 bits per heavy atom. The van der Waals surface area contributed by atoms with Crippen molar-refractivity contribution in [2.24, 2.45) is 0 Å². The minimum atomic E-state index is -1.86. The molecule has 4 heteroatoms. The molecule has 0 spiro atoms. The van der Waals surface area contributed by atoms with Crippen LogP contribution in [0.5, 0.6) is 0 Å². The Bertz CT molecular complexity index is 535. The van der Waals surface area contributed by atoms with Crippen molar-refractivity contribution in [1.29, 1.82) is 0 Å². The van der Waals surface area contributed by atoms with E-state index in [4.69, 9.17) is 4.11 Å². The number of carbonyl (C=O) groups is 1. The summed E-state index contributed by atoms with van der Waals surface area (Å²) in [5.74, 6) is 0.0512. The number of fused-ring (bicyclic) bond motifs is 1. The molecule has 1 N–H and O–H groups in total. The van der Waals surface area contributed by atoms with Gasteiger partial charge >= 0.3 is 0 Å². The number of nitrogens with one attached hydrogen (secondary N) is 1. The molecule has 0 aromatic heterocycles. The Kier molecular flexibility index (Phi) is 5.24. The normalized spacial score (nSPS) is 15.9. The van der Waals surface area contributed by atoms with Crippen molar-refractivity contribution < 1.29 is 8.91 Å². The van der Waals surface area contributed by atoms with E-state index >= 15 is 0 Å². The van der Waals surface area contributed by atoms with Gasteiger partial charge in [-0.05, 0) is 49.5 Å². The standard InChI is InChI=1S/C16H24N2O.ClH/c1-3-9-18(10-4-2)11-8-13-6-5-7-15-14(13)12-16(19)17-15;/h5-7H,3-4,8-12H2,1-2H3,(H,17,19);1H/i1D3;. The summed E-state index contributed by atoms with van der Waals surface area (Å²) < 4.78 is 22.0. The van der Waals surface area contributed by atoms with Crippen LogP contribution in [0.4, 0.5) is 5.69 Å². The van der Waals surface area contributed by atoms with Gasteiger partial charge in [0.1, 0.15) is 0 Å². The molecule has 0 unspecified atom stereocenters. The van der Waals surface area contributed by atoms with Crippen LogP contribution in [0.25, 0.3) is 0 Å². The van der Waals surface area contributed by atoms with Crippen molar-refractivity contribution >= 4 is 24.0 Å². The van der Waals surface area contributed by atoms with E-state index in [-0.39, 0.29) is 24.7 Å². The molecule has 0 radical (unpaired) electrons.